The van der Waals surface area contributed by atoms with Gasteiger partial charge in [-0.3, -0.25) is 0 Å². The predicted molar refractivity (Wildman–Crippen MR) is 88.0 cm³/mol. The molecule has 136 valence electrons. The fourth-order valence-corrected chi connectivity index (χ4v) is 3.26. The minimum atomic E-state index is -1.07. The molecule has 0 unspecified atom stereocenters. The van der Waals surface area contributed by atoms with Crippen LogP contribution in [0.4, 0.5) is 0 Å². The topological polar surface area (TPSA) is 63.2 Å². The van der Waals surface area contributed by atoms with E-state index in [2.05, 4.69) is 0 Å². The smallest absolute Gasteiger partial charge is 0.373 e. The Morgan fingerprint density at radius 1 is 1.29 bits per heavy atom. The van der Waals surface area contributed by atoms with Crippen molar-refractivity contribution < 1.29 is 28.5 Å². The van der Waals surface area contributed by atoms with Gasteiger partial charge in [-0.25, -0.2) is 4.79 Å². The van der Waals surface area contributed by atoms with E-state index in [1.165, 1.54) is 7.11 Å². The number of carbonyl (C=O) groups excluding carboxylic acids is 1. The predicted octanol–water partition coefficient (Wildman–Crippen LogP) is 2.93. The van der Waals surface area contributed by atoms with Crippen LogP contribution in [0.1, 0.15) is 40.5 Å². The first-order valence-electron chi connectivity index (χ1n) is 8.06. The van der Waals surface area contributed by atoms with Crippen LogP contribution in [-0.2, 0) is 28.5 Å². The maximum atomic E-state index is 12.1. The lowest BCUT2D eigenvalue weighted by Crippen LogP contribution is -2.61. The minimum Gasteiger partial charge on any atom is -0.501 e. The first-order valence-corrected chi connectivity index (χ1v) is 8.06. The van der Waals surface area contributed by atoms with Gasteiger partial charge in [0.2, 0.25) is 11.5 Å². The Morgan fingerprint density at radius 2 is 1.96 bits per heavy atom. The molecule has 2 aliphatic rings. The van der Waals surface area contributed by atoms with Gasteiger partial charge in [0.05, 0.1) is 43.5 Å². The number of methoxy groups -OCH3 is 3. The summed E-state index contributed by atoms with van der Waals surface area (Å²) >= 11 is 0. The molecule has 0 amide bonds. The van der Waals surface area contributed by atoms with E-state index in [-0.39, 0.29) is 11.9 Å². The fourth-order valence-electron chi connectivity index (χ4n) is 3.26. The lowest BCUT2D eigenvalue weighted by Gasteiger charge is -2.54. The zero-order valence-corrected chi connectivity index (χ0v) is 15.6. The van der Waals surface area contributed by atoms with E-state index < -0.39 is 22.8 Å². The second kappa shape index (κ2) is 6.41. The number of rotatable bonds is 4. The molecule has 2 rings (SSSR count). The second-order valence-corrected chi connectivity index (χ2v) is 7.41. The number of hydrogen-bond donors (Lipinski definition) is 0. The van der Waals surface area contributed by atoms with Crippen LogP contribution in [0.15, 0.2) is 23.7 Å². The number of hydrogen-bond acceptors (Lipinski definition) is 6. The Kier molecular flexibility index (Phi) is 5.02. The van der Waals surface area contributed by atoms with Crippen molar-refractivity contribution in [3.63, 3.8) is 0 Å². The molecule has 6 nitrogen and oxygen atoms in total. The first kappa shape index (κ1) is 18.8. The van der Waals surface area contributed by atoms with Gasteiger partial charge in [-0.1, -0.05) is 6.92 Å². The van der Waals surface area contributed by atoms with E-state index in [1.54, 1.807) is 20.3 Å². The Labute approximate surface area is 143 Å². The Bertz CT molecular complexity index is 558. The van der Waals surface area contributed by atoms with Crippen molar-refractivity contribution in [2.45, 2.75) is 58.0 Å². The lowest BCUT2D eigenvalue weighted by atomic mass is 9.67. The summed E-state index contributed by atoms with van der Waals surface area (Å²) in [5.74, 6) is -0.760. The van der Waals surface area contributed by atoms with E-state index >= 15 is 0 Å². The van der Waals surface area contributed by atoms with Gasteiger partial charge >= 0.3 is 5.97 Å². The Hall–Kier alpha value is -1.53. The largest absolute Gasteiger partial charge is 0.501 e. The molecule has 0 aromatic carbocycles. The van der Waals surface area contributed by atoms with Crippen molar-refractivity contribution >= 4 is 5.97 Å². The van der Waals surface area contributed by atoms with E-state index in [0.717, 1.165) is 5.76 Å². The van der Waals surface area contributed by atoms with E-state index in [4.69, 9.17) is 23.7 Å². The molecule has 1 heterocycles. The average Bonchev–Trinajstić information content (AvgIpc) is 2.52. The van der Waals surface area contributed by atoms with Gasteiger partial charge in [-0.05, 0) is 39.3 Å². The molecule has 3 atom stereocenters. The molecule has 1 aliphatic heterocycles. The van der Waals surface area contributed by atoms with E-state index in [0.29, 0.717) is 12.8 Å². The number of allylic oxidation sites excluding steroid dienone is 1. The summed E-state index contributed by atoms with van der Waals surface area (Å²) in [4.78, 5) is 12.1. The first-order chi connectivity index (χ1) is 11.1. The molecule has 0 N–H and O–H groups in total. The molecule has 0 aromatic rings. The molecule has 0 saturated heterocycles. The van der Waals surface area contributed by atoms with Gasteiger partial charge in [0.15, 0.2) is 0 Å². The Morgan fingerprint density at radius 3 is 2.46 bits per heavy atom. The maximum absolute atomic E-state index is 12.1. The van der Waals surface area contributed by atoms with Gasteiger partial charge < -0.3 is 23.7 Å². The summed E-state index contributed by atoms with van der Waals surface area (Å²) in [5.41, 5.74) is -0.915. The SMILES string of the molecule is COC(=O)C1=C[C@H](OC(C)(C)C)[C@]2(C)CC=C(OC)C[C@]2(OC)O1. The summed E-state index contributed by atoms with van der Waals surface area (Å²) in [6.07, 6.45) is 4.36. The van der Waals surface area contributed by atoms with Crippen molar-refractivity contribution in [2.24, 2.45) is 5.41 Å². The number of esters is 1. The third-order valence-electron chi connectivity index (χ3n) is 4.70. The summed E-state index contributed by atoms with van der Waals surface area (Å²) < 4.78 is 28.3. The standard InChI is InChI=1S/C18H28O6/c1-16(2,3)24-14-10-13(15(19)21-6)23-18(22-7)11-12(20-5)8-9-17(14,18)4/h8,10,14H,9,11H2,1-7H3/t14-,17-,18-/m0/s1. The van der Waals surface area contributed by atoms with Gasteiger partial charge in [0, 0.05) is 7.11 Å². The zero-order valence-electron chi connectivity index (χ0n) is 15.6. The van der Waals surface area contributed by atoms with Crippen LogP contribution in [0.2, 0.25) is 0 Å². The molecule has 0 aromatic heterocycles. The molecule has 0 saturated carbocycles. The molecule has 1 aliphatic carbocycles. The third kappa shape index (κ3) is 3.17. The maximum Gasteiger partial charge on any atom is 0.373 e. The zero-order chi connectivity index (χ0) is 18.2. The average molecular weight is 340 g/mol. The normalized spacial score (nSPS) is 32.9. The van der Waals surface area contributed by atoms with Crippen molar-refractivity contribution in [3.8, 4) is 0 Å². The molecule has 6 heteroatoms. The highest BCUT2D eigenvalue weighted by Crippen LogP contribution is 2.54. The highest BCUT2D eigenvalue weighted by atomic mass is 16.7. The van der Waals surface area contributed by atoms with Crippen LogP contribution in [0.5, 0.6) is 0 Å². The second-order valence-electron chi connectivity index (χ2n) is 7.41. The quantitative estimate of drug-likeness (QED) is 0.733. The number of fused-ring (bicyclic) bond motifs is 1. The Balaban J connectivity index is 2.53. The summed E-state index contributed by atoms with van der Waals surface area (Å²) in [6.45, 7) is 7.97. The molecule has 0 spiro atoms. The van der Waals surface area contributed by atoms with Crippen molar-refractivity contribution in [1.82, 2.24) is 0 Å². The van der Waals surface area contributed by atoms with Crippen LogP contribution in [0.25, 0.3) is 0 Å². The van der Waals surface area contributed by atoms with Crippen LogP contribution in [0.3, 0.4) is 0 Å². The van der Waals surface area contributed by atoms with Crippen molar-refractivity contribution in [1.29, 1.82) is 0 Å². The highest BCUT2D eigenvalue weighted by Gasteiger charge is 2.61. The minimum absolute atomic E-state index is 0.100. The summed E-state index contributed by atoms with van der Waals surface area (Å²) in [7, 11) is 4.51. The van der Waals surface area contributed by atoms with Gasteiger partial charge in [-0.15, -0.1) is 0 Å². The number of carbonyl (C=O) groups is 1. The van der Waals surface area contributed by atoms with Crippen LogP contribution < -0.4 is 0 Å². The molecule has 0 bridgehead atoms. The van der Waals surface area contributed by atoms with E-state index in [1.807, 2.05) is 33.8 Å². The monoisotopic (exact) mass is 340 g/mol. The molecular weight excluding hydrogens is 312 g/mol. The van der Waals surface area contributed by atoms with Crippen molar-refractivity contribution in [2.75, 3.05) is 21.3 Å². The number of ether oxygens (including phenoxy) is 5. The van der Waals surface area contributed by atoms with Crippen molar-refractivity contribution in [3.05, 3.63) is 23.7 Å². The lowest BCUT2D eigenvalue weighted by molar-refractivity contribution is -0.309. The van der Waals surface area contributed by atoms with Gasteiger partial charge in [0.1, 0.15) is 0 Å². The fraction of sp³-hybridized carbons (Fsp3) is 0.722. The van der Waals surface area contributed by atoms with Gasteiger partial charge in [-0.2, -0.15) is 0 Å². The molecular formula is C18H28O6. The third-order valence-corrected chi connectivity index (χ3v) is 4.70. The molecule has 0 fully saturated rings. The molecule has 0 radical (unpaired) electrons. The van der Waals surface area contributed by atoms with E-state index in [9.17, 15) is 4.79 Å². The highest BCUT2D eigenvalue weighted by molar-refractivity contribution is 5.86. The van der Waals surface area contributed by atoms with Crippen LogP contribution in [-0.4, -0.2) is 44.8 Å². The summed E-state index contributed by atoms with van der Waals surface area (Å²) in [5, 5.41) is 0. The van der Waals surface area contributed by atoms with Crippen LogP contribution >= 0.6 is 0 Å². The van der Waals surface area contributed by atoms with Gasteiger partial charge in [0.25, 0.3) is 0 Å². The molecule has 24 heavy (non-hydrogen) atoms. The summed E-state index contributed by atoms with van der Waals surface area (Å²) in [6, 6.07) is 0. The van der Waals surface area contributed by atoms with Crippen LogP contribution in [0, 0.1) is 5.41 Å².